The summed E-state index contributed by atoms with van der Waals surface area (Å²) < 4.78 is 39.3. The Balaban J connectivity index is 1.26. The van der Waals surface area contributed by atoms with Crippen molar-refractivity contribution in [1.82, 2.24) is 9.62 Å². The van der Waals surface area contributed by atoms with Gasteiger partial charge in [0.25, 0.3) is 5.91 Å². The van der Waals surface area contributed by atoms with E-state index in [1.807, 2.05) is 36.4 Å². The molecular weight excluding hydrogens is 530 g/mol. The first kappa shape index (κ1) is 27.7. The van der Waals surface area contributed by atoms with Crippen molar-refractivity contribution in [2.24, 2.45) is 5.92 Å². The molecule has 0 bridgehead atoms. The van der Waals surface area contributed by atoms with Crippen LogP contribution in [0.25, 0.3) is 0 Å². The fraction of sp³-hybridized carbons (Fsp3) is 0.333. The molecule has 1 fully saturated rings. The van der Waals surface area contributed by atoms with Crippen molar-refractivity contribution in [3.8, 4) is 11.5 Å². The Kier molecular flexibility index (Phi) is 8.09. The van der Waals surface area contributed by atoms with Crippen LogP contribution in [0.2, 0.25) is 0 Å². The number of hydrogen-bond donors (Lipinski definition) is 1. The topological polar surface area (TPSA) is 105 Å². The molecular formula is C30H33N3O6S. The standard InChI is InChI=1S/C30H33N3O6S/c1-21-18-24(12-13-26(21)38-2)40(36,37)32-16-14-23(15-17-32)30(35)33-20-28(39-27-11-7-6-10-25(27)33)29(34)31-19-22-8-4-3-5-9-22/h3-13,18,23,28H,14-17,19-20H2,1-2H3,(H,31,34)/t28-/m1/s1. The number of methoxy groups -OCH3 is 1. The maximum absolute atomic E-state index is 13.8. The van der Waals surface area contributed by atoms with Crippen LogP contribution in [0.5, 0.6) is 11.5 Å². The lowest BCUT2D eigenvalue weighted by atomic mass is 9.95. The monoisotopic (exact) mass is 563 g/mol. The molecule has 5 rings (SSSR count). The number of hydrogen-bond acceptors (Lipinski definition) is 6. The SMILES string of the molecule is COc1ccc(S(=O)(=O)N2CCC(C(=O)N3C[C@H](C(=O)NCc4ccccc4)Oc4ccccc43)CC2)cc1C. The molecule has 0 spiro atoms. The first-order valence-electron chi connectivity index (χ1n) is 13.3. The van der Waals surface area contributed by atoms with Crippen molar-refractivity contribution in [3.05, 3.63) is 83.9 Å². The Hall–Kier alpha value is -3.89. The van der Waals surface area contributed by atoms with E-state index in [1.54, 1.807) is 55.3 Å². The Labute approximate surface area is 234 Å². The summed E-state index contributed by atoms with van der Waals surface area (Å²) in [6.07, 6.45) is -0.0869. The third-order valence-electron chi connectivity index (χ3n) is 7.45. The molecule has 3 aromatic carbocycles. The molecule has 2 amide bonds. The number of nitrogens with zero attached hydrogens (tertiary/aromatic N) is 2. The van der Waals surface area contributed by atoms with Gasteiger partial charge in [0, 0.05) is 25.6 Å². The molecule has 0 radical (unpaired) electrons. The number of amides is 2. The molecule has 1 saturated heterocycles. The summed E-state index contributed by atoms with van der Waals surface area (Å²) in [5, 5.41) is 2.90. The van der Waals surface area contributed by atoms with E-state index < -0.39 is 16.1 Å². The number of anilines is 1. The number of sulfonamides is 1. The van der Waals surface area contributed by atoms with Crippen LogP contribution < -0.4 is 19.7 Å². The molecule has 0 unspecified atom stereocenters. The van der Waals surface area contributed by atoms with Gasteiger partial charge in [0.1, 0.15) is 11.5 Å². The second-order valence-electron chi connectivity index (χ2n) is 10.0. The highest BCUT2D eigenvalue weighted by molar-refractivity contribution is 7.89. The molecule has 9 nitrogen and oxygen atoms in total. The molecule has 2 aliphatic rings. The third-order valence-corrected chi connectivity index (χ3v) is 9.34. The van der Waals surface area contributed by atoms with E-state index in [0.717, 1.165) is 11.1 Å². The van der Waals surface area contributed by atoms with Gasteiger partial charge >= 0.3 is 0 Å². The smallest absolute Gasteiger partial charge is 0.263 e. The summed E-state index contributed by atoms with van der Waals surface area (Å²) in [5.41, 5.74) is 2.32. The van der Waals surface area contributed by atoms with Crippen molar-refractivity contribution in [2.75, 3.05) is 31.6 Å². The summed E-state index contributed by atoms with van der Waals surface area (Å²) in [5.74, 6) is 0.294. The van der Waals surface area contributed by atoms with E-state index in [9.17, 15) is 18.0 Å². The van der Waals surface area contributed by atoms with Crippen LogP contribution in [0.3, 0.4) is 0 Å². The van der Waals surface area contributed by atoms with Gasteiger partial charge < -0.3 is 19.7 Å². The fourth-order valence-corrected chi connectivity index (χ4v) is 6.76. The van der Waals surface area contributed by atoms with Crippen LogP contribution >= 0.6 is 0 Å². The molecule has 0 saturated carbocycles. The predicted octanol–water partition coefficient (Wildman–Crippen LogP) is 3.51. The predicted molar refractivity (Wildman–Crippen MR) is 151 cm³/mol. The number of nitrogens with one attached hydrogen (secondary N) is 1. The highest BCUT2D eigenvalue weighted by atomic mass is 32.2. The zero-order chi connectivity index (χ0) is 28.3. The molecule has 1 atom stereocenters. The summed E-state index contributed by atoms with van der Waals surface area (Å²) in [7, 11) is -2.16. The summed E-state index contributed by atoms with van der Waals surface area (Å²) in [6, 6.07) is 21.6. The van der Waals surface area contributed by atoms with Gasteiger partial charge in [-0.1, -0.05) is 42.5 Å². The summed E-state index contributed by atoms with van der Waals surface area (Å²) in [4.78, 5) is 28.6. The molecule has 0 aromatic heterocycles. The summed E-state index contributed by atoms with van der Waals surface area (Å²) in [6.45, 7) is 2.71. The lowest BCUT2D eigenvalue weighted by Gasteiger charge is -2.38. The van der Waals surface area contributed by atoms with Crippen molar-refractivity contribution < 1.29 is 27.5 Å². The molecule has 3 aromatic rings. The average molecular weight is 564 g/mol. The van der Waals surface area contributed by atoms with Gasteiger partial charge in [0.2, 0.25) is 15.9 Å². The van der Waals surface area contributed by atoms with E-state index in [2.05, 4.69) is 5.32 Å². The number of carbonyl (C=O) groups is 2. The molecule has 0 aliphatic carbocycles. The average Bonchev–Trinajstić information content (AvgIpc) is 2.99. The van der Waals surface area contributed by atoms with E-state index in [-0.39, 0.29) is 42.3 Å². The number of piperidine rings is 1. The number of para-hydroxylation sites is 2. The minimum Gasteiger partial charge on any atom is -0.496 e. The quantitative estimate of drug-likeness (QED) is 0.472. The molecule has 2 heterocycles. The van der Waals surface area contributed by atoms with Crippen LogP contribution in [0.15, 0.2) is 77.7 Å². The van der Waals surface area contributed by atoms with E-state index in [1.165, 1.54) is 4.31 Å². The van der Waals surface area contributed by atoms with Gasteiger partial charge in [-0.15, -0.1) is 0 Å². The summed E-state index contributed by atoms with van der Waals surface area (Å²) >= 11 is 0. The molecule has 40 heavy (non-hydrogen) atoms. The Morgan fingerprint density at radius 1 is 1.00 bits per heavy atom. The van der Waals surface area contributed by atoms with Gasteiger partial charge in [-0.05, 0) is 61.2 Å². The third kappa shape index (κ3) is 5.68. The van der Waals surface area contributed by atoms with E-state index in [0.29, 0.717) is 36.6 Å². The second kappa shape index (κ2) is 11.7. The highest BCUT2D eigenvalue weighted by Crippen LogP contribution is 2.36. The Bertz CT molecular complexity index is 1490. The number of aryl methyl sites for hydroxylation is 1. The number of benzene rings is 3. The van der Waals surface area contributed by atoms with Gasteiger partial charge in [-0.3, -0.25) is 9.59 Å². The first-order chi connectivity index (χ1) is 19.3. The molecule has 210 valence electrons. The minimum atomic E-state index is -3.70. The molecule has 2 aliphatic heterocycles. The maximum Gasteiger partial charge on any atom is 0.263 e. The van der Waals surface area contributed by atoms with Gasteiger partial charge in [-0.2, -0.15) is 4.31 Å². The zero-order valence-electron chi connectivity index (χ0n) is 22.6. The lowest BCUT2D eigenvalue weighted by Crippen LogP contribution is -2.53. The van der Waals surface area contributed by atoms with Crippen LogP contribution in [-0.2, 0) is 26.2 Å². The second-order valence-corrected chi connectivity index (χ2v) is 12.0. The number of carbonyl (C=O) groups excluding carboxylic acids is 2. The first-order valence-corrected chi connectivity index (χ1v) is 14.8. The maximum atomic E-state index is 13.8. The van der Waals surface area contributed by atoms with Gasteiger partial charge in [0.15, 0.2) is 6.10 Å². The number of rotatable bonds is 7. The van der Waals surface area contributed by atoms with Gasteiger partial charge in [0.05, 0.1) is 24.2 Å². The number of ether oxygens (including phenoxy) is 2. The highest BCUT2D eigenvalue weighted by Gasteiger charge is 2.39. The van der Waals surface area contributed by atoms with Crippen molar-refractivity contribution in [3.63, 3.8) is 0 Å². The van der Waals surface area contributed by atoms with Crippen LogP contribution in [0, 0.1) is 12.8 Å². The normalized spacial score (nSPS) is 17.9. The van der Waals surface area contributed by atoms with Gasteiger partial charge in [-0.25, -0.2) is 8.42 Å². The van der Waals surface area contributed by atoms with Crippen LogP contribution in [0.1, 0.15) is 24.0 Å². The number of fused-ring (bicyclic) bond motifs is 1. The zero-order valence-corrected chi connectivity index (χ0v) is 23.4. The lowest BCUT2D eigenvalue weighted by molar-refractivity contribution is -0.129. The van der Waals surface area contributed by atoms with Crippen molar-refractivity contribution >= 4 is 27.5 Å². The van der Waals surface area contributed by atoms with Crippen molar-refractivity contribution in [2.45, 2.75) is 37.3 Å². The van der Waals surface area contributed by atoms with Crippen LogP contribution in [-0.4, -0.2) is 57.4 Å². The van der Waals surface area contributed by atoms with Crippen LogP contribution in [0.4, 0.5) is 5.69 Å². The van der Waals surface area contributed by atoms with E-state index in [4.69, 9.17) is 9.47 Å². The molecule has 1 N–H and O–H groups in total. The minimum absolute atomic E-state index is 0.0834. The Morgan fingerprint density at radius 2 is 1.70 bits per heavy atom. The van der Waals surface area contributed by atoms with Crippen molar-refractivity contribution in [1.29, 1.82) is 0 Å². The Morgan fingerprint density at radius 3 is 2.40 bits per heavy atom. The van der Waals surface area contributed by atoms with E-state index >= 15 is 0 Å². The molecule has 10 heteroatoms. The largest absolute Gasteiger partial charge is 0.496 e. The fourth-order valence-electron chi connectivity index (χ4n) is 5.20.